The fourth-order valence-corrected chi connectivity index (χ4v) is 3.55. The molecule has 1 N–H and O–H groups in total. The van der Waals surface area contributed by atoms with E-state index in [9.17, 15) is 18.0 Å². The molecular formula is C11H13BrF3N3OS. The van der Waals surface area contributed by atoms with Gasteiger partial charge in [0.25, 0.3) is 5.56 Å². The van der Waals surface area contributed by atoms with E-state index in [1.54, 1.807) is 0 Å². The Balaban J connectivity index is 2.07. The Morgan fingerprint density at radius 1 is 1.55 bits per heavy atom. The number of alkyl halides is 3. The zero-order valence-corrected chi connectivity index (χ0v) is 12.8. The van der Waals surface area contributed by atoms with Crippen LogP contribution < -0.4 is 10.9 Å². The SMILES string of the molecule is O=c1c(Br)c(NCC2CCCS2)cnn1CC(F)(F)F. The van der Waals surface area contributed by atoms with Crippen molar-refractivity contribution in [2.24, 2.45) is 0 Å². The fourth-order valence-electron chi connectivity index (χ4n) is 1.90. The summed E-state index contributed by atoms with van der Waals surface area (Å²) in [6.45, 7) is -0.711. The van der Waals surface area contributed by atoms with E-state index in [0.717, 1.165) is 12.2 Å². The van der Waals surface area contributed by atoms with Gasteiger partial charge in [0, 0.05) is 11.8 Å². The minimum absolute atomic E-state index is 0.0831. The molecule has 1 aliphatic rings. The maximum atomic E-state index is 12.3. The smallest absolute Gasteiger partial charge is 0.382 e. The Morgan fingerprint density at radius 3 is 2.90 bits per heavy atom. The van der Waals surface area contributed by atoms with Crippen LogP contribution in [0.25, 0.3) is 0 Å². The summed E-state index contributed by atoms with van der Waals surface area (Å²) in [6.07, 6.45) is -0.944. The maximum Gasteiger partial charge on any atom is 0.408 e. The van der Waals surface area contributed by atoms with E-state index in [4.69, 9.17) is 0 Å². The highest BCUT2D eigenvalue weighted by molar-refractivity contribution is 9.10. The third kappa shape index (κ3) is 4.15. The van der Waals surface area contributed by atoms with Crippen LogP contribution in [0.1, 0.15) is 12.8 Å². The summed E-state index contributed by atoms with van der Waals surface area (Å²) in [5.41, 5.74) is -0.354. The third-order valence-electron chi connectivity index (χ3n) is 2.86. The zero-order valence-electron chi connectivity index (χ0n) is 10.4. The van der Waals surface area contributed by atoms with Gasteiger partial charge in [0.2, 0.25) is 0 Å². The summed E-state index contributed by atoms with van der Waals surface area (Å²) in [6, 6.07) is 0. The standard InChI is InChI=1S/C11H13BrF3N3OS/c12-9-8(16-4-7-2-1-3-20-7)5-17-18(10(9)19)6-11(13,14)15/h5,7,16H,1-4,6H2. The molecule has 1 atom stereocenters. The molecule has 0 amide bonds. The van der Waals surface area contributed by atoms with Crippen LogP contribution in [0.4, 0.5) is 18.9 Å². The second-order valence-corrected chi connectivity index (χ2v) is 6.67. The number of aromatic nitrogens is 2. The largest absolute Gasteiger partial charge is 0.408 e. The first kappa shape index (κ1) is 15.7. The molecule has 2 heterocycles. The van der Waals surface area contributed by atoms with Crippen molar-refractivity contribution in [3.63, 3.8) is 0 Å². The summed E-state index contributed by atoms with van der Waals surface area (Å²) < 4.78 is 37.3. The number of nitrogens with one attached hydrogen (secondary N) is 1. The molecule has 0 radical (unpaired) electrons. The Labute approximate surface area is 126 Å². The average Bonchev–Trinajstić information content (AvgIpc) is 2.86. The van der Waals surface area contributed by atoms with Crippen molar-refractivity contribution in [1.29, 1.82) is 0 Å². The van der Waals surface area contributed by atoms with Crippen LogP contribution in [0, 0.1) is 0 Å². The van der Waals surface area contributed by atoms with Crippen molar-refractivity contribution in [3.8, 4) is 0 Å². The minimum Gasteiger partial charge on any atom is -0.382 e. The van der Waals surface area contributed by atoms with E-state index in [1.165, 1.54) is 12.6 Å². The molecule has 20 heavy (non-hydrogen) atoms. The van der Waals surface area contributed by atoms with Gasteiger partial charge in [-0.15, -0.1) is 0 Å². The van der Waals surface area contributed by atoms with E-state index in [1.807, 2.05) is 11.8 Å². The first-order chi connectivity index (χ1) is 9.37. The lowest BCUT2D eigenvalue weighted by Crippen LogP contribution is -2.31. The number of anilines is 1. The van der Waals surface area contributed by atoms with Gasteiger partial charge in [0.1, 0.15) is 11.0 Å². The van der Waals surface area contributed by atoms with Gasteiger partial charge in [-0.05, 0) is 34.5 Å². The van der Waals surface area contributed by atoms with E-state index in [-0.39, 0.29) is 4.47 Å². The van der Waals surface area contributed by atoms with Crippen LogP contribution in [0.3, 0.4) is 0 Å². The highest BCUT2D eigenvalue weighted by Gasteiger charge is 2.29. The predicted molar refractivity (Wildman–Crippen MR) is 76.2 cm³/mol. The molecule has 2 rings (SSSR count). The van der Waals surface area contributed by atoms with E-state index in [2.05, 4.69) is 26.3 Å². The molecule has 0 saturated carbocycles. The molecule has 0 aliphatic carbocycles. The fraction of sp³-hybridized carbons (Fsp3) is 0.636. The van der Waals surface area contributed by atoms with Crippen LogP contribution >= 0.6 is 27.7 Å². The Morgan fingerprint density at radius 2 is 2.30 bits per heavy atom. The highest BCUT2D eigenvalue weighted by atomic mass is 79.9. The quantitative estimate of drug-likeness (QED) is 0.883. The zero-order chi connectivity index (χ0) is 14.8. The molecule has 112 valence electrons. The molecule has 1 aromatic rings. The second kappa shape index (κ2) is 6.38. The molecule has 0 spiro atoms. The number of halogens is 4. The molecular weight excluding hydrogens is 359 g/mol. The summed E-state index contributed by atoms with van der Waals surface area (Å²) in [7, 11) is 0. The lowest BCUT2D eigenvalue weighted by molar-refractivity contribution is -0.143. The Kier molecular flexibility index (Phi) is 5.00. The normalized spacial score (nSPS) is 19.3. The van der Waals surface area contributed by atoms with Crippen molar-refractivity contribution in [1.82, 2.24) is 9.78 Å². The average molecular weight is 372 g/mol. The minimum atomic E-state index is -4.47. The van der Waals surface area contributed by atoms with Gasteiger partial charge in [-0.25, -0.2) is 4.68 Å². The van der Waals surface area contributed by atoms with Crippen molar-refractivity contribution < 1.29 is 13.2 Å². The molecule has 9 heteroatoms. The summed E-state index contributed by atoms with van der Waals surface area (Å²) in [5.74, 6) is 1.12. The number of hydrogen-bond donors (Lipinski definition) is 1. The predicted octanol–water partition coefficient (Wildman–Crippen LogP) is 2.88. The van der Waals surface area contributed by atoms with Crippen molar-refractivity contribution in [2.45, 2.75) is 30.8 Å². The van der Waals surface area contributed by atoms with Crippen LogP contribution in [0.5, 0.6) is 0 Å². The van der Waals surface area contributed by atoms with E-state index < -0.39 is 18.3 Å². The lowest BCUT2D eigenvalue weighted by atomic mass is 10.2. The first-order valence-corrected chi connectivity index (χ1v) is 7.89. The van der Waals surface area contributed by atoms with Crippen LogP contribution in [-0.2, 0) is 6.54 Å². The first-order valence-electron chi connectivity index (χ1n) is 6.04. The monoisotopic (exact) mass is 371 g/mol. The van der Waals surface area contributed by atoms with Gasteiger partial charge in [0.15, 0.2) is 0 Å². The van der Waals surface area contributed by atoms with Gasteiger partial charge in [0.05, 0.1) is 11.9 Å². The molecule has 1 fully saturated rings. The highest BCUT2D eigenvalue weighted by Crippen LogP contribution is 2.27. The summed E-state index contributed by atoms with van der Waals surface area (Å²) >= 11 is 4.89. The van der Waals surface area contributed by atoms with Gasteiger partial charge in [-0.1, -0.05) is 0 Å². The third-order valence-corrected chi connectivity index (χ3v) is 5.02. The lowest BCUT2D eigenvalue weighted by Gasteiger charge is -2.14. The number of hydrogen-bond acceptors (Lipinski definition) is 4. The Bertz CT molecular complexity index is 529. The summed E-state index contributed by atoms with van der Waals surface area (Å²) in [4.78, 5) is 11.8. The molecule has 0 bridgehead atoms. The van der Waals surface area contributed by atoms with Crippen LogP contribution in [-0.4, -0.2) is 33.5 Å². The summed E-state index contributed by atoms with van der Waals surface area (Å²) in [5, 5.41) is 7.09. The van der Waals surface area contributed by atoms with Gasteiger partial charge in [-0.2, -0.15) is 30.0 Å². The van der Waals surface area contributed by atoms with E-state index in [0.29, 0.717) is 22.2 Å². The molecule has 1 unspecified atom stereocenters. The van der Waals surface area contributed by atoms with Gasteiger partial charge < -0.3 is 5.32 Å². The van der Waals surface area contributed by atoms with Crippen molar-refractivity contribution in [3.05, 3.63) is 21.0 Å². The van der Waals surface area contributed by atoms with Crippen LogP contribution in [0.15, 0.2) is 15.5 Å². The van der Waals surface area contributed by atoms with Crippen LogP contribution in [0.2, 0.25) is 0 Å². The van der Waals surface area contributed by atoms with Gasteiger partial charge in [-0.3, -0.25) is 4.79 Å². The second-order valence-electron chi connectivity index (χ2n) is 4.47. The molecule has 1 aliphatic heterocycles. The molecule has 4 nitrogen and oxygen atoms in total. The number of rotatable bonds is 4. The molecule has 0 aromatic carbocycles. The molecule has 1 aromatic heterocycles. The number of nitrogens with zero attached hydrogens (tertiary/aromatic N) is 2. The van der Waals surface area contributed by atoms with Gasteiger partial charge >= 0.3 is 6.18 Å². The Hall–Kier alpha value is -0.700. The number of thioether (sulfide) groups is 1. The maximum absolute atomic E-state index is 12.3. The van der Waals surface area contributed by atoms with Crippen molar-refractivity contribution >= 4 is 33.4 Å². The topological polar surface area (TPSA) is 46.9 Å². The van der Waals surface area contributed by atoms with E-state index >= 15 is 0 Å². The molecule has 1 saturated heterocycles. The van der Waals surface area contributed by atoms with Crippen molar-refractivity contribution in [2.75, 3.05) is 17.6 Å².